The standard InChI is InChI=1S/C26H29F3N4S/c1-17-14-19(2-4-21(17)23-16-31-23)9-13-33(12-8-18-6-10-30-11-7-18)25-32-22-5-3-20(26(27,28)29)15-24(22)34-25/h2-5,14-15,18,30H,6-13,16H2,1H3. The molecule has 4 nitrogen and oxygen atoms in total. The van der Waals surface area contributed by atoms with E-state index in [0.717, 1.165) is 56.8 Å². The van der Waals surface area contributed by atoms with Crippen molar-refractivity contribution < 1.29 is 13.2 Å². The summed E-state index contributed by atoms with van der Waals surface area (Å²) in [6, 6.07) is 10.4. The van der Waals surface area contributed by atoms with Crippen LogP contribution in [0.2, 0.25) is 0 Å². The summed E-state index contributed by atoms with van der Waals surface area (Å²) in [6.07, 6.45) is -0.0593. The number of anilines is 1. The van der Waals surface area contributed by atoms with Crippen LogP contribution in [0.15, 0.2) is 41.4 Å². The second kappa shape index (κ2) is 9.66. The highest BCUT2D eigenvalue weighted by Gasteiger charge is 2.31. The Morgan fingerprint density at radius 2 is 1.88 bits per heavy atom. The number of alkyl halides is 3. The zero-order chi connectivity index (χ0) is 23.7. The lowest BCUT2D eigenvalue weighted by Gasteiger charge is -2.27. The molecule has 8 heteroatoms. The van der Waals surface area contributed by atoms with E-state index in [2.05, 4.69) is 40.3 Å². The molecule has 0 radical (unpaired) electrons. The summed E-state index contributed by atoms with van der Waals surface area (Å²) in [7, 11) is 0. The van der Waals surface area contributed by atoms with Crippen LogP contribution in [0.5, 0.6) is 0 Å². The van der Waals surface area contributed by atoms with E-state index in [1.807, 2.05) is 0 Å². The van der Waals surface area contributed by atoms with Gasteiger partial charge in [0.15, 0.2) is 5.13 Å². The van der Waals surface area contributed by atoms with E-state index >= 15 is 0 Å². The van der Waals surface area contributed by atoms with Crippen LogP contribution >= 0.6 is 11.3 Å². The fourth-order valence-corrected chi connectivity index (χ4v) is 5.77. The van der Waals surface area contributed by atoms with Gasteiger partial charge in [-0.15, -0.1) is 0 Å². The van der Waals surface area contributed by atoms with E-state index in [1.54, 1.807) is 0 Å². The van der Waals surface area contributed by atoms with Crippen molar-refractivity contribution in [1.82, 2.24) is 10.3 Å². The van der Waals surface area contributed by atoms with E-state index in [0.29, 0.717) is 16.1 Å². The molecule has 2 aromatic carbocycles. The van der Waals surface area contributed by atoms with Crippen molar-refractivity contribution in [3.63, 3.8) is 0 Å². The van der Waals surface area contributed by atoms with Crippen LogP contribution in [0.1, 0.15) is 41.5 Å². The van der Waals surface area contributed by atoms with Gasteiger partial charge in [0.2, 0.25) is 0 Å². The largest absolute Gasteiger partial charge is 0.416 e. The van der Waals surface area contributed by atoms with E-state index in [9.17, 15) is 13.2 Å². The Labute approximate surface area is 201 Å². The fraction of sp³-hybridized carbons (Fsp3) is 0.462. The number of hydrogen-bond donors (Lipinski definition) is 1. The minimum absolute atomic E-state index is 0.585. The van der Waals surface area contributed by atoms with Crippen LogP contribution in [0, 0.1) is 12.8 Å². The normalized spacial score (nSPS) is 16.6. The molecule has 1 saturated heterocycles. The van der Waals surface area contributed by atoms with Crippen molar-refractivity contribution in [1.29, 1.82) is 0 Å². The first kappa shape index (κ1) is 23.3. The average molecular weight is 487 g/mol. The predicted octanol–water partition coefficient (Wildman–Crippen LogP) is 5.87. The molecule has 0 unspecified atom stereocenters. The first-order chi connectivity index (χ1) is 16.4. The van der Waals surface area contributed by atoms with Gasteiger partial charge >= 0.3 is 6.18 Å². The summed E-state index contributed by atoms with van der Waals surface area (Å²) < 4.78 is 40.2. The minimum Gasteiger partial charge on any atom is -0.348 e. The van der Waals surface area contributed by atoms with Crippen molar-refractivity contribution in [2.24, 2.45) is 10.9 Å². The fourth-order valence-electron chi connectivity index (χ4n) is 4.71. The first-order valence-corrected chi connectivity index (χ1v) is 12.7. The van der Waals surface area contributed by atoms with Crippen LogP contribution < -0.4 is 10.2 Å². The monoisotopic (exact) mass is 486 g/mol. The maximum Gasteiger partial charge on any atom is 0.416 e. The van der Waals surface area contributed by atoms with Crippen LogP contribution in [0.4, 0.5) is 18.3 Å². The summed E-state index contributed by atoms with van der Waals surface area (Å²) in [5.74, 6) is 0.677. The third kappa shape index (κ3) is 5.44. The summed E-state index contributed by atoms with van der Waals surface area (Å²) in [4.78, 5) is 11.3. The van der Waals surface area contributed by atoms with E-state index in [1.165, 1.54) is 58.7 Å². The number of benzene rings is 2. The van der Waals surface area contributed by atoms with Gasteiger partial charge < -0.3 is 10.2 Å². The molecule has 34 heavy (non-hydrogen) atoms. The summed E-state index contributed by atoms with van der Waals surface area (Å²) >= 11 is 1.36. The number of aryl methyl sites for hydroxylation is 1. The van der Waals surface area contributed by atoms with E-state index in [-0.39, 0.29) is 0 Å². The van der Waals surface area contributed by atoms with E-state index < -0.39 is 11.7 Å². The maximum atomic E-state index is 13.2. The number of aliphatic imine (C=N–C) groups is 1. The summed E-state index contributed by atoms with van der Waals surface area (Å²) in [5.41, 5.74) is 4.93. The number of hydrogen-bond acceptors (Lipinski definition) is 5. The van der Waals surface area contributed by atoms with Gasteiger partial charge in [0.1, 0.15) is 0 Å². The van der Waals surface area contributed by atoms with Gasteiger partial charge in [0.05, 0.1) is 28.0 Å². The molecule has 0 amide bonds. The topological polar surface area (TPSA) is 40.5 Å². The number of halogens is 3. The molecule has 0 aliphatic carbocycles. The highest BCUT2D eigenvalue weighted by atomic mass is 32.1. The van der Waals surface area contributed by atoms with Crippen LogP contribution in [-0.2, 0) is 12.6 Å². The van der Waals surface area contributed by atoms with Crippen LogP contribution in [0.3, 0.4) is 0 Å². The highest BCUT2D eigenvalue weighted by molar-refractivity contribution is 7.22. The molecule has 180 valence electrons. The molecule has 1 N–H and O–H groups in total. The van der Waals surface area contributed by atoms with Gasteiger partial charge in [-0.25, -0.2) is 4.98 Å². The van der Waals surface area contributed by atoms with Gasteiger partial charge in [0, 0.05) is 18.7 Å². The molecule has 0 spiro atoms. The Balaban J connectivity index is 1.35. The molecular formula is C26H29F3N4S. The van der Waals surface area contributed by atoms with Crippen molar-refractivity contribution in [3.05, 3.63) is 58.7 Å². The number of nitrogens with zero attached hydrogens (tertiary/aromatic N) is 3. The molecule has 0 bridgehead atoms. The Kier molecular flexibility index (Phi) is 6.62. The number of nitrogens with one attached hydrogen (secondary N) is 1. The summed E-state index contributed by atoms with van der Waals surface area (Å²) in [6.45, 7) is 6.74. The smallest absolute Gasteiger partial charge is 0.348 e. The minimum atomic E-state index is -4.34. The third-order valence-electron chi connectivity index (χ3n) is 6.83. The SMILES string of the molecule is Cc1cc(CCN(CCC2CCNCC2)c2nc3ccc(C(F)(F)F)cc3s2)ccc1C1=NC1. The molecule has 0 saturated carbocycles. The number of rotatable bonds is 8. The molecule has 2 aliphatic heterocycles. The van der Waals surface area contributed by atoms with E-state index in [4.69, 9.17) is 4.98 Å². The Morgan fingerprint density at radius 1 is 1.09 bits per heavy atom. The van der Waals surface area contributed by atoms with Crippen LogP contribution in [-0.4, -0.2) is 43.4 Å². The second-order valence-corrected chi connectivity index (χ2v) is 10.3. The third-order valence-corrected chi connectivity index (χ3v) is 7.91. The summed E-state index contributed by atoms with van der Waals surface area (Å²) in [5, 5.41) is 4.22. The lowest BCUT2D eigenvalue weighted by Crippen LogP contribution is -2.32. The van der Waals surface area contributed by atoms with Gasteiger partial charge in [-0.3, -0.25) is 4.99 Å². The molecule has 3 aromatic rings. The molecular weight excluding hydrogens is 457 g/mol. The lowest BCUT2D eigenvalue weighted by atomic mass is 9.94. The lowest BCUT2D eigenvalue weighted by molar-refractivity contribution is -0.137. The molecule has 1 fully saturated rings. The van der Waals surface area contributed by atoms with Gasteiger partial charge in [-0.2, -0.15) is 13.2 Å². The zero-order valence-electron chi connectivity index (χ0n) is 19.3. The Hall–Kier alpha value is -2.45. The average Bonchev–Trinajstić information content (AvgIpc) is 3.56. The van der Waals surface area contributed by atoms with Gasteiger partial charge in [-0.1, -0.05) is 29.5 Å². The van der Waals surface area contributed by atoms with Crippen molar-refractivity contribution in [3.8, 4) is 0 Å². The van der Waals surface area contributed by atoms with Crippen molar-refractivity contribution >= 4 is 32.4 Å². The number of fused-ring (bicyclic) bond motifs is 1. The number of thiazole rings is 1. The quantitative estimate of drug-likeness (QED) is 0.433. The zero-order valence-corrected chi connectivity index (χ0v) is 20.1. The van der Waals surface area contributed by atoms with Gasteiger partial charge in [0.25, 0.3) is 0 Å². The molecule has 0 atom stereocenters. The Morgan fingerprint density at radius 3 is 2.59 bits per heavy atom. The number of aromatic nitrogens is 1. The van der Waals surface area contributed by atoms with Crippen molar-refractivity contribution in [2.75, 3.05) is 37.6 Å². The van der Waals surface area contributed by atoms with Crippen molar-refractivity contribution in [2.45, 2.75) is 38.8 Å². The molecule has 3 heterocycles. The maximum absolute atomic E-state index is 13.2. The molecule has 1 aromatic heterocycles. The number of piperidine rings is 1. The highest BCUT2D eigenvalue weighted by Crippen LogP contribution is 2.35. The first-order valence-electron chi connectivity index (χ1n) is 11.9. The van der Waals surface area contributed by atoms with Crippen LogP contribution in [0.25, 0.3) is 10.2 Å². The van der Waals surface area contributed by atoms with Gasteiger partial charge in [-0.05, 0) is 80.9 Å². The predicted molar refractivity (Wildman–Crippen MR) is 133 cm³/mol. The molecule has 5 rings (SSSR count). The Bertz CT molecular complexity index is 1190. The second-order valence-electron chi connectivity index (χ2n) is 9.31. The molecule has 2 aliphatic rings.